The van der Waals surface area contributed by atoms with Crippen molar-refractivity contribution >= 4 is 98.9 Å². The van der Waals surface area contributed by atoms with E-state index < -0.39 is 33.3 Å². The van der Waals surface area contributed by atoms with Gasteiger partial charge < -0.3 is 15.7 Å². The minimum absolute atomic E-state index is 0.233. The molecule has 0 bridgehead atoms. The summed E-state index contributed by atoms with van der Waals surface area (Å²) < 4.78 is 0. The third kappa shape index (κ3) is 6.22. The molecule has 2 amide bonds. The zero-order valence-corrected chi connectivity index (χ0v) is 23.2. The van der Waals surface area contributed by atoms with Gasteiger partial charge in [-0.05, 0) is 49.7 Å². The predicted molar refractivity (Wildman–Crippen MR) is 148 cm³/mol. The zero-order chi connectivity index (χ0) is 26.7. The minimum Gasteiger partial charge on any atom is -0.478 e. The normalized spacial score (nSPS) is 11.6. The van der Waals surface area contributed by atoms with Crippen LogP contribution >= 0.6 is 69.8 Å². The number of aromatic carboxylic acids is 1. The fourth-order valence-corrected chi connectivity index (χ4v) is 5.24. The number of halogens is 5. The molecule has 1 unspecified atom stereocenters. The summed E-state index contributed by atoms with van der Waals surface area (Å²) in [6.45, 7) is 3.55. The first-order chi connectivity index (χ1) is 16.9. The van der Waals surface area contributed by atoms with Crippen LogP contribution in [0.4, 0.5) is 11.4 Å². The number of carbonyl (C=O) groups excluding carboxylic acids is 2. The van der Waals surface area contributed by atoms with Crippen molar-refractivity contribution in [1.82, 2.24) is 0 Å². The highest BCUT2D eigenvalue weighted by atomic mass is 35.5. The number of hydrogen-bond donors (Lipinski definition) is 3. The molecule has 0 radical (unpaired) electrons. The first-order valence-corrected chi connectivity index (χ1v) is 12.9. The molecule has 188 valence electrons. The van der Waals surface area contributed by atoms with Gasteiger partial charge in [0.25, 0.3) is 5.91 Å². The maximum Gasteiger partial charge on any atom is 0.338 e. The third-order valence-electron chi connectivity index (χ3n) is 5.01. The number of benzene rings is 3. The lowest BCUT2D eigenvalue weighted by Gasteiger charge is -2.16. The maximum absolute atomic E-state index is 13.0. The topological polar surface area (TPSA) is 95.5 Å². The molecule has 3 N–H and O–H groups in total. The van der Waals surface area contributed by atoms with Gasteiger partial charge in [0.15, 0.2) is 0 Å². The fraction of sp³-hybridized carbons (Fsp3) is 0.125. The monoisotopic (exact) mass is 604 g/mol. The van der Waals surface area contributed by atoms with E-state index in [2.05, 4.69) is 10.6 Å². The van der Waals surface area contributed by atoms with Crippen LogP contribution in [0.1, 0.15) is 33.2 Å². The molecule has 36 heavy (non-hydrogen) atoms. The van der Waals surface area contributed by atoms with Crippen LogP contribution in [-0.4, -0.2) is 28.1 Å². The Morgan fingerprint density at radius 3 is 2.11 bits per heavy atom. The molecule has 12 heteroatoms. The Labute approximate surface area is 236 Å². The number of carboxylic acid groups (broad SMARTS) is 1. The van der Waals surface area contributed by atoms with Crippen molar-refractivity contribution in [2.45, 2.75) is 24.0 Å². The van der Waals surface area contributed by atoms with Crippen molar-refractivity contribution in [2.24, 2.45) is 0 Å². The minimum atomic E-state index is -1.50. The van der Waals surface area contributed by atoms with E-state index in [0.29, 0.717) is 21.3 Å². The average molecular weight is 607 g/mol. The van der Waals surface area contributed by atoms with Gasteiger partial charge >= 0.3 is 5.97 Å². The largest absolute Gasteiger partial charge is 0.478 e. The molecule has 0 saturated heterocycles. The lowest BCUT2D eigenvalue weighted by Crippen LogP contribution is -2.22. The summed E-state index contributed by atoms with van der Waals surface area (Å²) in [5.41, 5.74) is 0.716. The second kappa shape index (κ2) is 11.9. The molecule has 0 aliphatic heterocycles. The van der Waals surface area contributed by atoms with Crippen molar-refractivity contribution in [3.63, 3.8) is 0 Å². The Bertz CT molecular complexity index is 1380. The number of amides is 2. The van der Waals surface area contributed by atoms with Crippen LogP contribution in [0.2, 0.25) is 25.1 Å². The quantitative estimate of drug-likeness (QED) is 0.143. The van der Waals surface area contributed by atoms with Crippen molar-refractivity contribution < 1.29 is 19.5 Å². The molecular weight excluding hydrogens is 590 g/mol. The predicted octanol–water partition coefficient (Wildman–Crippen LogP) is 8.33. The molecule has 0 heterocycles. The van der Waals surface area contributed by atoms with Crippen LogP contribution in [0.5, 0.6) is 0 Å². The van der Waals surface area contributed by atoms with Gasteiger partial charge in [-0.25, -0.2) is 4.79 Å². The van der Waals surface area contributed by atoms with E-state index in [9.17, 15) is 19.5 Å². The number of carboxylic acids is 1. The molecule has 1 atom stereocenters. The molecule has 0 fully saturated rings. The molecule has 3 rings (SSSR count). The lowest BCUT2D eigenvalue weighted by atomic mass is 10.1. The van der Waals surface area contributed by atoms with Gasteiger partial charge in [0.1, 0.15) is 0 Å². The first kappa shape index (κ1) is 28.4. The van der Waals surface area contributed by atoms with Gasteiger partial charge in [-0.3, -0.25) is 9.59 Å². The van der Waals surface area contributed by atoms with E-state index in [1.807, 2.05) is 6.92 Å². The molecular formula is C24H17Cl5N2O4S. The Morgan fingerprint density at radius 1 is 0.861 bits per heavy atom. The SMILES string of the molecule is Cc1c(Cl)cccc1NC(=O)C(C)Sc1cccc(NC(=O)c2c(Cl)c(Cl)c(Cl)c(Cl)c2C(=O)O)c1. The Balaban J connectivity index is 1.79. The summed E-state index contributed by atoms with van der Waals surface area (Å²) in [6, 6.07) is 11.9. The van der Waals surface area contributed by atoms with Gasteiger partial charge in [0.05, 0.1) is 36.5 Å². The van der Waals surface area contributed by atoms with Crippen LogP contribution in [0.15, 0.2) is 47.4 Å². The fourth-order valence-electron chi connectivity index (χ4n) is 3.12. The van der Waals surface area contributed by atoms with E-state index in [4.69, 9.17) is 58.0 Å². The molecule has 0 saturated carbocycles. The lowest BCUT2D eigenvalue weighted by molar-refractivity contribution is -0.115. The van der Waals surface area contributed by atoms with Crippen molar-refractivity contribution in [3.05, 3.63) is 84.3 Å². The van der Waals surface area contributed by atoms with Crippen LogP contribution < -0.4 is 10.6 Å². The molecule has 0 aliphatic carbocycles. The van der Waals surface area contributed by atoms with E-state index in [-0.39, 0.29) is 21.0 Å². The molecule has 3 aromatic carbocycles. The van der Waals surface area contributed by atoms with Gasteiger partial charge in [-0.15, -0.1) is 11.8 Å². The molecule has 0 aromatic heterocycles. The second-order valence-corrected chi connectivity index (χ2v) is 10.8. The Kier molecular flexibility index (Phi) is 9.44. The average Bonchev–Trinajstić information content (AvgIpc) is 2.82. The summed E-state index contributed by atoms with van der Waals surface area (Å²) in [5, 5.41) is 13.8. The maximum atomic E-state index is 13.0. The summed E-state index contributed by atoms with van der Waals surface area (Å²) in [6.07, 6.45) is 0. The van der Waals surface area contributed by atoms with Crippen LogP contribution in [0.25, 0.3) is 0 Å². The number of nitrogens with one attached hydrogen (secondary N) is 2. The standard InChI is InChI=1S/C24H17Cl5N2O4S/c1-10-14(25)7-4-8-15(10)31-22(32)11(2)36-13-6-3-5-12(9-13)30-23(33)16-17(24(34)35)19(27)21(29)20(28)18(16)26/h3-9,11H,1-2H3,(H,30,33)(H,31,32)(H,34,35). The highest BCUT2D eigenvalue weighted by Gasteiger charge is 2.29. The van der Waals surface area contributed by atoms with Gasteiger partial charge in [0, 0.05) is 21.3 Å². The van der Waals surface area contributed by atoms with E-state index in [0.717, 1.165) is 5.56 Å². The van der Waals surface area contributed by atoms with E-state index >= 15 is 0 Å². The summed E-state index contributed by atoms with van der Waals surface area (Å²) in [4.78, 5) is 38.1. The van der Waals surface area contributed by atoms with Crippen LogP contribution in [-0.2, 0) is 4.79 Å². The highest BCUT2D eigenvalue weighted by molar-refractivity contribution is 8.00. The summed E-state index contributed by atoms with van der Waals surface area (Å²) >= 11 is 31.5. The van der Waals surface area contributed by atoms with Crippen molar-refractivity contribution in [1.29, 1.82) is 0 Å². The van der Waals surface area contributed by atoms with Crippen LogP contribution in [0.3, 0.4) is 0 Å². The summed E-state index contributed by atoms with van der Waals surface area (Å²) in [5.74, 6) is -2.57. The molecule has 6 nitrogen and oxygen atoms in total. The first-order valence-electron chi connectivity index (χ1n) is 10.2. The van der Waals surface area contributed by atoms with Crippen LogP contribution in [0, 0.1) is 6.92 Å². The highest BCUT2D eigenvalue weighted by Crippen LogP contribution is 2.42. The second-order valence-electron chi connectivity index (χ2n) is 7.45. The molecule has 3 aromatic rings. The Morgan fingerprint density at radius 2 is 1.47 bits per heavy atom. The number of rotatable bonds is 7. The van der Waals surface area contributed by atoms with E-state index in [1.165, 1.54) is 11.8 Å². The summed E-state index contributed by atoms with van der Waals surface area (Å²) in [7, 11) is 0. The number of carbonyl (C=O) groups is 3. The smallest absolute Gasteiger partial charge is 0.338 e. The third-order valence-corrected chi connectivity index (χ3v) is 8.31. The van der Waals surface area contributed by atoms with Gasteiger partial charge in [-0.2, -0.15) is 0 Å². The van der Waals surface area contributed by atoms with Crippen molar-refractivity contribution in [2.75, 3.05) is 10.6 Å². The number of thioether (sulfide) groups is 1. The zero-order valence-electron chi connectivity index (χ0n) is 18.6. The van der Waals surface area contributed by atoms with E-state index in [1.54, 1.807) is 49.4 Å². The number of hydrogen-bond acceptors (Lipinski definition) is 4. The Hall–Kier alpha value is -2.13. The van der Waals surface area contributed by atoms with Crippen molar-refractivity contribution in [3.8, 4) is 0 Å². The molecule has 0 aliphatic rings. The van der Waals surface area contributed by atoms with Gasteiger partial charge in [-0.1, -0.05) is 70.1 Å². The molecule has 0 spiro atoms. The number of anilines is 2. The van der Waals surface area contributed by atoms with Gasteiger partial charge in [0.2, 0.25) is 5.91 Å².